The van der Waals surface area contributed by atoms with E-state index in [0.29, 0.717) is 12.2 Å². The molecule has 1 aliphatic heterocycles. The first-order valence-corrected chi connectivity index (χ1v) is 4.57. The minimum absolute atomic E-state index is 0. The van der Waals surface area contributed by atoms with Gasteiger partial charge in [-0.1, -0.05) is 30.3 Å². The zero-order chi connectivity index (χ0) is 9.31. The van der Waals surface area contributed by atoms with Crippen molar-refractivity contribution in [1.29, 1.82) is 0 Å². The first-order chi connectivity index (χ1) is 6.23. The molecule has 0 bridgehead atoms. The Bertz CT molecular complexity index is 325. The van der Waals surface area contributed by atoms with Gasteiger partial charge in [0.05, 0.1) is 0 Å². The molecule has 1 saturated heterocycles. The zero-order valence-electron chi connectivity index (χ0n) is 8.12. The average molecular weight is 212 g/mol. The van der Waals surface area contributed by atoms with Gasteiger partial charge in [0.2, 0.25) is 0 Å². The highest BCUT2D eigenvalue weighted by Gasteiger charge is 2.38. The van der Waals surface area contributed by atoms with Crippen LogP contribution < -0.4 is 5.32 Å². The topological polar surface area (TPSA) is 29.1 Å². The Morgan fingerprint density at radius 3 is 2.43 bits per heavy atom. The molecular formula is C11H14ClNO. The van der Waals surface area contributed by atoms with Crippen molar-refractivity contribution < 1.29 is 4.79 Å². The molecule has 1 unspecified atom stereocenters. The normalized spacial score (nSPS) is 25.9. The predicted molar refractivity (Wildman–Crippen MR) is 58.7 cm³/mol. The molecule has 2 nitrogen and oxygen atoms in total. The van der Waals surface area contributed by atoms with Crippen LogP contribution in [-0.2, 0) is 10.3 Å². The number of carbonyl (C=O) groups is 1. The van der Waals surface area contributed by atoms with Crippen molar-refractivity contribution in [3.8, 4) is 0 Å². The summed E-state index contributed by atoms with van der Waals surface area (Å²) in [5.41, 5.74) is 0.624. The lowest BCUT2D eigenvalue weighted by Gasteiger charge is -2.22. The summed E-state index contributed by atoms with van der Waals surface area (Å²) in [6.45, 7) is 2.75. The van der Waals surface area contributed by atoms with Crippen molar-refractivity contribution in [2.24, 2.45) is 0 Å². The summed E-state index contributed by atoms with van der Waals surface area (Å²) in [7, 11) is 0. The van der Waals surface area contributed by atoms with Crippen LogP contribution in [0.2, 0.25) is 0 Å². The van der Waals surface area contributed by atoms with Crippen molar-refractivity contribution in [1.82, 2.24) is 5.32 Å². The van der Waals surface area contributed by atoms with Crippen LogP contribution in [-0.4, -0.2) is 12.3 Å². The van der Waals surface area contributed by atoms with Crippen LogP contribution in [0.3, 0.4) is 0 Å². The van der Waals surface area contributed by atoms with Crippen LogP contribution in [0, 0.1) is 0 Å². The second-order valence-electron chi connectivity index (χ2n) is 3.59. The minimum atomic E-state index is -0.443. The Hall–Kier alpha value is -0.860. The van der Waals surface area contributed by atoms with E-state index in [1.165, 1.54) is 0 Å². The molecule has 1 N–H and O–H groups in total. The third kappa shape index (κ3) is 1.68. The lowest BCUT2D eigenvalue weighted by Crippen LogP contribution is -2.38. The van der Waals surface area contributed by atoms with Crippen LogP contribution in [0.5, 0.6) is 0 Å². The molecule has 1 aliphatic rings. The maximum absolute atomic E-state index is 11.6. The minimum Gasteiger partial charge on any atom is -0.301 e. The molecule has 3 heteroatoms. The van der Waals surface area contributed by atoms with Gasteiger partial charge < -0.3 is 5.32 Å². The molecule has 1 aromatic rings. The lowest BCUT2D eigenvalue weighted by molar-refractivity contribution is -0.122. The fourth-order valence-electron chi connectivity index (χ4n) is 1.81. The number of rotatable bonds is 1. The van der Waals surface area contributed by atoms with E-state index in [1.54, 1.807) is 0 Å². The monoisotopic (exact) mass is 211 g/mol. The van der Waals surface area contributed by atoms with Gasteiger partial charge in [-0.3, -0.25) is 4.79 Å². The highest BCUT2D eigenvalue weighted by atomic mass is 35.5. The van der Waals surface area contributed by atoms with Crippen LogP contribution >= 0.6 is 12.4 Å². The largest absolute Gasteiger partial charge is 0.301 e. The molecule has 1 atom stereocenters. The maximum Gasteiger partial charge on any atom is 0.158 e. The molecule has 0 amide bonds. The smallest absolute Gasteiger partial charge is 0.158 e. The summed E-state index contributed by atoms with van der Waals surface area (Å²) in [5.74, 6) is 0.290. The van der Waals surface area contributed by atoms with Crippen molar-refractivity contribution in [2.45, 2.75) is 18.9 Å². The van der Waals surface area contributed by atoms with Crippen LogP contribution in [0.25, 0.3) is 0 Å². The van der Waals surface area contributed by atoms with E-state index < -0.39 is 5.54 Å². The Morgan fingerprint density at radius 1 is 1.29 bits per heavy atom. The second kappa shape index (κ2) is 4.11. The number of ketones is 1. The maximum atomic E-state index is 11.6. The number of Topliss-reactive ketones (excluding diaryl/α,β-unsaturated/α-hetero) is 1. The number of halogens is 1. The van der Waals surface area contributed by atoms with Crippen LogP contribution in [0.15, 0.2) is 30.3 Å². The Morgan fingerprint density at radius 2 is 1.93 bits per heavy atom. The molecule has 1 heterocycles. The van der Waals surface area contributed by atoms with Gasteiger partial charge in [0.1, 0.15) is 5.54 Å². The summed E-state index contributed by atoms with van der Waals surface area (Å²) in [6, 6.07) is 9.89. The molecule has 0 aromatic heterocycles. The van der Waals surface area contributed by atoms with Gasteiger partial charge in [0, 0.05) is 13.0 Å². The number of benzene rings is 1. The van der Waals surface area contributed by atoms with Gasteiger partial charge in [-0.15, -0.1) is 12.4 Å². The fraction of sp³-hybridized carbons (Fsp3) is 0.364. The second-order valence-corrected chi connectivity index (χ2v) is 3.59. The summed E-state index contributed by atoms with van der Waals surface area (Å²) in [4.78, 5) is 11.6. The SMILES string of the molecule is CC1(c2ccccc2)NCCC1=O.Cl. The number of hydrogen-bond donors (Lipinski definition) is 1. The Balaban J connectivity index is 0.000000980. The predicted octanol–water partition coefficient (Wildman–Crippen LogP) is 1.89. The summed E-state index contributed by atoms with van der Waals surface area (Å²) < 4.78 is 0. The van der Waals surface area contributed by atoms with Crippen LogP contribution in [0.4, 0.5) is 0 Å². The summed E-state index contributed by atoms with van der Waals surface area (Å²) in [5, 5.41) is 3.25. The first-order valence-electron chi connectivity index (χ1n) is 4.57. The van der Waals surface area contributed by atoms with E-state index >= 15 is 0 Å². The standard InChI is InChI=1S/C11H13NO.ClH/c1-11(10(13)7-8-12-11)9-5-3-2-4-6-9;/h2-6,12H,7-8H2,1H3;1H. The zero-order valence-corrected chi connectivity index (χ0v) is 8.93. The number of carbonyl (C=O) groups excluding carboxylic acids is 1. The van der Waals surface area contributed by atoms with Gasteiger partial charge in [-0.25, -0.2) is 0 Å². The highest BCUT2D eigenvalue weighted by Crippen LogP contribution is 2.26. The fourth-order valence-corrected chi connectivity index (χ4v) is 1.81. The lowest BCUT2D eigenvalue weighted by atomic mass is 9.90. The van der Waals surface area contributed by atoms with E-state index in [2.05, 4.69) is 5.32 Å². The summed E-state index contributed by atoms with van der Waals surface area (Å²) >= 11 is 0. The molecule has 0 radical (unpaired) electrons. The molecule has 0 spiro atoms. The van der Waals surface area contributed by atoms with E-state index in [1.807, 2.05) is 37.3 Å². The molecule has 0 saturated carbocycles. The van der Waals surface area contributed by atoms with Crippen molar-refractivity contribution in [3.05, 3.63) is 35.9 Å². The number of hydrogen-bond acceptors (Lipinski definition) is 2. The van der Waals surface area contributed by atoms with E-state index in [0.717, 1.165) is 12.1 Å². The Kier molecular flexibility index (Phi) is 3.29. The van der Waals surface area contributed by atoms with Gasteiger partial charge in [0.15, 0.2) is 5.78 Å². The molecular weight excluding hydrogens is 198 g/mol. The van der Waals surface area contributed by atoms with E-state index in [-0.39, 0.29) is 12.4 Å². The molecule has 14 heavy (non-hydrogen) atoms. The highest BCUT2D eigenvalue weighted by molar-refractivity contribution is 5.91. The van der Waals surface area contributed by atoms with Crippen molar-refractivity contribution in [2.75, 3.05) is 6.54 Å². The van der Waals surface area contributed by atoms with Crippen molar-refractivity contribution >= 4 is 18.2 Å². The first kappa shape index (κ1) is 11.2. The van der Waals surface area contributed by atoms with Gasteiger partial charge >= 0.3 is 0 Å². The number of nitrogens with one attached hydrogen (secondary N) is 1. The molecule has 76 valence electrons. The summed E-state index contributed by atoms with van der Waals surface area (Å²) in [6.07, 6.45) is 0.644. The van der Waals surface area contributed by atoms with Gasteiger partial charge in [-0.2, -0.15) is 0 Å². The average Bonchev–Trinajstić information content (AvgIpc) is 2.50. The molecule has 1 aromatic carbocycles. The van der Waals surface area contributed by atoms with E-state index in [9.17, 15) is 4.79 Å². The van der Waals surface area contributed by atoms with Gasteiger partial charge in [-0.05, 0) is 12.5 Å². The van der Waals surface area contributed by atoms with E-state index in [4.69, 9.17) is 0 Å². The third-order valence-corrected chi connectivity index (χ3v) is 2.74. The quantitative estimate of drug-likeness (QED) is 0.769. The van der Waals surface area contributed by atoms with Gasteiger partial charge in [0.25, 0.3) is 0 Å². The molecule has 0 aliphatic carbocycles. The third-order valence-electron chi connectivity index (χ3n) is 2.74. The molecule has 1 fully saturated rings. The van der Waals surface area contributed by atoms with Crippen molar-refractivity contribution in [3.63, 3.8) is 0 Å². The van der Waals surface area contributed by atoms with Crippen LogP contribution in [0.1, 0.15) is 18.9 Å². The Labute approximate surface area is 90.1 Å². The molecule has 2 rings (SSSR count).